The number of ether oxygens (including phenoxy) is 1. The number of hydrogen-bond acceptors (Lipinski definition) is 5. The van der Waals surface area contributed by atoms with Crippen LogP contribution in [-0.4, -0.2) is 27.8 Å². The second kappa shape index (κ2) is 6.51. The van der Waals surface area contributed by atoms with Gasteiger partial charge in [0.1, 0.15) is 5.60 Å². The highest BCUT2D eigenvalue weighted by molar-refractivity contribution is 5.92. The van der Waals surface area contributed by atoms with Crippen molar-refractivity contribution in [3.63, 3.8) is 0 Å². The van der Waals surface area contributed by atoms with E-state index >= 15 is 0 Å². The molecular weight excluding hydrogens is 300 g/mol. The fraction of sp³-hybridized carbons (Fsp3) is 0.312. The highest BCUT2D eigenvalue weighted by Crippen LogP contribution is 2.24. The van der Waals surface area contributed by atoms with Crippen LogP contribution in [0.4, 0.5) is 4.79 Å². The van der Waals surface area contributed by atoms with E-state index in [1.807, 2.05) is 6.07 Å². The Morgan fingerprint density at radius 1 is 1.26 bits per heavy atom. The van der Waals surface area contributed by atoms with Gasteiger partial charge < -0.3 is 19.6 Å². The molecule has 0 fully saturated rings. The first kappa shape index (κ1) is 16.5. The molecule has 1 amide bonds. The number of aromatic nitrogens is 1. The first-order valence-corrected chi connectivity index (χ1v) is 7.01. The molecule has 0 unspecified atom stereocenters. The van der Waals surface area contributed by atoms with E-state index in [0.717, 1.165) is 0 Å². The molecule has 0 radical (unpaired) electrons. The molecule has 0 saturated carbocycles. The molecule has 2 N–H and O–H groups in total. The van der Waals surface area contributed by atoms with Crippen molar-refractivity contribution in [3.05, 3.63) is 41.9 Å². The average molecular weight is 318 g/mol. The first-order valence-electron chi connectivity index (χ1n) is 7.01. The summed E-state index contributed by atoms with van der Waals surface area (Å²) in [5.41, 5.74) is -0.222. The van der Waals surface area contributed by atoms with Crippen LogP contribution in [-0.2, 0) is 11.3 Å². The summed E-state index contributed by atoms with van der Waals surface area (Å²) >= 11 is 0. The number of nitrogens with zero attached hydrogens (tertiary/aromatic N) is 1. The van der Waals surface area contributed by atoms with Crippen molar-refractivity contribution in [2.45, 2.75) is 32.9 Å². The topological polar surface area (TPSA) is 102 Å². The van der Waals surface area contributed by atoms with Crippen molar-refractivity contribution in [2.75, 3.05) is 0 Å². The molecular formula is C16H18N2O5. The Morgan fingerprint density at radius 2 is 1.91 bits per heavy atom. The van der Waals surface area contributed by atoms with Crippen LogP contribution in [0.3, 0.4) is 0 Å². The number of alkyl carbamates (subject to hydrolysis) is 1. The summed E-state index contributed by atoms with van der Waals surface area (Å²) in [6, 6.07) is 8.78. The van der Waals surface area contributed by atoms with Crippen molar-refractivity contribution in [1.29, 1.82) is 0 Å². The predicted octanol–water partition coefficient (Wildman–Crippen LogP) is 3.06. The van der Waals surface area contributed by atoms with E-state index in [1.165, 1.54) is 0 Å². The number of carbonyl (C=O) groups is 2. The molecule has 2 aromatic rings. The van der Waals surface area contributed by atoms with E-state index in [9.17, 15) is 14.7 Å². The summed E-state index contributed by atoms with van der Waals surface area (Å²) in [4.78, 5) is 26.8. The van der Waals surface area contributed by atoms with Gasteiger partial charge in [0, 0.05) is 5.56 Å². The molecule has 1 aromatic carbocycles. The summed E-state index contributed by atoms with van der Waals surface area (Å²) in [7, 11) is 0. The minimum atomic E-state index is -1.20. The zero-order chi connectivity index (χ0) is 17.0. The van der Waals surface area contributed by atoms with E-state index in [4.69, 9.17) is 9.15 Å². The SMILES string of the molecule is CC(C)(C)OC(=O)NCc1nc(C(=O)O)c(-c2ccccc2)o1. The third-order valence-electron chi connectivity index (χ3n) is 2.69. The van der Waals surface area contributed by atoms with E-state index in [-0.39, 0.29) is 23.9 Å². The van der Waals surface area contributed by atoms with Gasteiger partial charge in [-0.05, 0) is 20.8 Å². The van der Waals surface area contributed by atoms with Gasteiger partial charge in [-0.1, -0.05) is 30.3 Å². The van der Waals surface area contributed by atoms with Crippen LogP contribution in [0.15, 0.2) is 34.7 Å². The quantitative estimate of drug-likeness (QED) is 0.898. The Bertz CT molecular complexity index is 701. The van der Waals surface area contributed by atoms with Crippen LogP contribution in [0.25, 0.3) is 11.3 Å². The molecule has 1 heterocycles. The summed E-state index contributed by atoms with van der Waals surface area (Å²) in [6.45, 7) is 5.16. The van der Waals surface area contributed by atoms with Gasteiger partial charge in [0.15, 0.2) is 11.5 Å². The number of carboxylic acid groups (broad SMARTS) is 1. The molecule has 122 valence electrons. The molecule has 2 rings (SSSR count). The van der Waals surface area contributed by atoms with E-state index in [2.05, 4.69) is 10.3 Å². The third kappa shape index (κ3) is 4.57. The maximum absolute atomic E-state index is 11.6. The van der Waals surface area contributed by atoms with Crippen molar-refractivity contribution >= 4 is 12.1 Å². The van der Waals surface area contributed by atoms with Gasteiger partial charge >= 0.3 is 12.1 Å². The molecule has 1 aromatic heterocycles. The molecule has 0 atom stereocenters. The zero-order valence-electron chi connectivity index (χ0n) is 13.1. The normalized spacial score (nSPS) is 11.1. The standard InChI is InChI=1S/C16H18N2O5/c1-16(2,3)23-15(21)17-9-11-18-12(14(19)20)13(22-11)10-7-5-4-6-8-10/h4-8H,9H2,1-3H3,(H,17,21)(H,19,20). The second-order valence-corrected chi connectivity index (χ2v) is 5.81. The second-order valence-electron chi connectivity index (χ2n) is 5.81. The zero-order valence-corrected chi connectivity index (χ0v) is 13.1. The molecule has 0 saturated heterocycles. The number of oxazole rings is 1. The number of benzene rings is 1. The van der Waals surface area contributed by atoms with E-state index in [0.29, 0.717) is 5.56 Å². The lowest BCUT2D eigenvalue weighted by molar-refractivity contribution is 0.0518. The Balaban J connectivity index is 2.15. The van der Waals surface area contributed by atoms with Gasteiger partial charge in [0.2, 0.25) is 5.89 Å². The molecule has 0 aliphatic heterocycles. The van der Waals surface area contributed by atoms with Crippen LogP contribution < -0.4 is 5.32 Å². The molecule has 23 heavy (non-hydrogen) atoms. The smallest absolute Gasteiger partial charge is 0.408 e. The molecule has 7 heteroatoms. The predicted molar refractivity (Wildman–Crippen MR) is 82.0 cm³/mol. The molecule has 0 spiro atoms. The number of amides is 1. The monoisotopic (exact) mass is 318 g/mol. The average Bonchev–Trinajstić information content (AvgIpc) is 2.89. The van der Waals surface area contributed by atoms with Crippen LogP contribution in [0.5, 0.6) is 0 Å². The summed E-state index contributed by atoms with van der Waals surface area (Å²) in [6.07, 6.45) is -0.631. The highest BCUT2D eigenvalue weighted by atomic mass is 16.6. The van der Waals surface area contributed by atoms with Gasteiger partial charge in [-0.15, -0.1) is 0 Å². The minimum absolute atomic E-state index is 0.0674. The lowest BCUT2D eigenvalue weighted by Crippen LogP contribution is -2.32. The van der Waals surface area contributed by atoms with Crippen molar-refractivity contribution in [1.82, 2.24) is 10.3 Å². The lowest BCUT2D eigenvalue weighted by atomic mass is 10.1. The summed E-state index contributed by atoms with van der Waals surface area (Å²) < 4.78 is 10.6. The van der Waals surface area contributed by atoms with Crippen LogP contribution in [0, 0.1) is 0 Å². The van der Waals surface area contributed by atoms with Gasteiger partial charge in [-0.25, -0.2) is 14.6 Å². The van der Waals surface area contributed by atoms with Crippen molar-refractivity contribution < 1.29 is 23.8 Å². The third-order valence-corrected chi connectivity index (χ3v) is 2.69. The summed E-state index contributed by atoms with van der Waals surface area (Å²) in [5.74, 6) is -0.956. The largest absolute Gasteiger partial charge is 0.476 e. The van der Waals surface area contributed by atoms with Gasteiger partial charge in [-0.3, -0.25) is 0 Å². The molecule has 0 bridgehead atoms. The molecule has 0 aliphatic carbocycles. The fourth-order valence-corrected chi connectivity index (χ4v) is 1.83. The number of aromatic carboxylic acids is 1. The Labute approximate surface area is 133 Å². The van der Waals surface area contributed by atoms with Crippen molar-refractivity contribution in [3.8, 4) is 11.3 Å². The first-order chi connectivity index (χ1) is 10.8. The van der Waals surface area contributed by atoms with E-state index < -0.39 is 17.7 Å². The maximum Gasteiger partial charge on any atom is 0.408 e. The number of hydrogen-bond donors (Lipinski definition) is 2. The van der Waals surface area contributed by atoms with Gasteiger partial charge in [0.05, 0.1) is 6.54 Å². The van der Waals surface area contributed by atoms with E-state index in [1.54, 1.807) is 45.0 Å². The van der Waals surface area contributed by atoms with Crippen LogP contribution in [0.2, 0.25) is 0 Å². The molecule has 7 nitrogen and oxygen atoms in total. The Kier molecular flexibility index (Phi) is 4.68. The number of carbonyl (C=O) groups excluding carboxylic acids is 1. The number of rotatable bonds is 4. The maximum atomic E-state index is 11.6. The lowest BCUT2D eigenvalue weighted by Gasteiger charge is -2.19. The van der Waals surface area contributed by atoms with Crippen LogP contribution in [0.1, 0.15) is 37.2 Å². The summed E-state index contributed by atoms with van der Waals surface area (Å²) in [5, 5.41) is 11.7. The van der Waals surface area contributed by atoms with Crippen LogP contribution >= 0.6 is 0 Å². The highest BCUT2D eigenvalue weighted by Gasteiger charge is 2.22. The minimum Gasteiger partial charge on any atom is -0.476 e. The fourth-order valence-electron chi connectivity index (χ4n) is 1.83. The van der Waals surface area contributed by atoms with Gasteiger partial charge in [-0.2, -0.15) is 0 Å². The number of carboxylic acids is 1. The molecule has 0 aliphatic rings. The Hall–Kier alpha value is -2.83. The van der Waals surface area contributed by atoms with Crippen molar-refractivity contribution in [2.24, 2.45) is 0 Å². The number of nitrogens with one attached hydrogen (secondary N) is 1. The van der Waals surface area contributed by atoms with Gasteiger partial charge in [0.25, 0.3) is 0 Å². The Morgan fingerprint density at radius 3 is 2.48 bits per heavy atom.